The highest BCUT2D eigenvalue weighted by Crippen LogP contribution is 2.13. The van der Waals surface area contributed by atoms with E-state index in [1.807, 2.05) is 49.1 Å². The lowest BCUT2D eigenvalue weighted by molar-refractivity contribution is -0.133. The van der Waals surface area contributed by atoms with E-state index >= 15 is 0 Å². The largest absolute Gasteiger partial charge is 0.494 e. The molecule has 2 N–H and O–H groups in total. The maximum absolute atomic E-state index is 12.1. The Morgan fingerprint density at radius 3 is 2.71 bits per heavy atom. The molecule has 1 atom stereocenters. The number of unbranched alkanes of at least 4 members (excludes halogenated alkanes) is 1. The van der Waals surface area contributed by atoms with Crippen LogP contribution >= 0.6 is 24.0 Å². The lowest BCUT2D eigenvalue weighted by Gasteiger charge is -2.20. The molecule has 0 aromatic heterocycles. The average molecular weight is 502 g/mol. The Morgan fingerprint density at radius 2 is 2.04 bits per heavy atom. The molecule has 1 aliphatic rings. The van der Waals surface area contributed by atoms with Crippen LogP contribution in [0.2, 0.25) is 0 Å². The van der Waals surface area contributed by atoms with E-state index in [-0.39, 0.29) is 41.8 Å². The van der Waals surface area contributed by atoms with E-state index in [0.29, 0.717) is 6.61 Å². The number of guanidine groups is 1. The molecule has 1 aliphatic heterocycles. The predicted octanol–water partition coefficient (Wildman–Crippen LogP) is 3.28. The van der Waals surface area contributed by atoms with Crippen LogP contribution in [0.15, 0.2) is 35.3 Å². The standard InChI is InChI=1S/C21H34N4O2.HI/c1-4-22-21(24-18-12-14-25(16-18)20(26)17(2)3)23-13-8-9-15-27-19-10-6-5-7-11-19;/h5-7,10-11,17-18H,4,8-9,12-16H2,1-3H3,(H2,22,23,24);1H. The molecule has 1 heterocycles. The minimum absolute atomic E-state index is 0. The van der Waals surface area contributed by atoms with Crippen molar-refractivity contribution >= 4 is 35.8 Å². The highest BCUT2D eigenvalue weighted by Gasteiger charge is 2.27. The zero-order valence-electron chi connectivity index (χ0n) is 17.3. The highest BCUT2D eigenvalue weighted by atomic mass is 127. The topological polar surface area (TPSA) is 66.0 Å². The fourth-order valence-electron chi connectivity index (χ4n) is 3.07. The van der Waals surface area contributed by atoms with Gasteiger partial charge in [-0.1, -0.05) is 32.0 Å². The second-order valence-corrected chi connectivity index (χ2v) is 7.20. The molecule has 158 valence electrons. The number of likely N-dealkylation sites (tertiary alicyclic amines) is 1. The molecule has 0 radical (unpaired) electrons. The number of ether oxygens (including phenoxy) is 1. The van der Waals surface area contributed by atoms with E-state index < -0.39 is 0 Å². The Hall–Kier alpha value is -1.51. The summed E-state index contributed by atoms with van der Waals surface area (Å²) in [5.74, 6) is 2.05. The van der Waals surface area contributed by atoms with E-state index in [1.165, 1.54) is 0 Å². The minimum Gasteiger partial charge on any atom is -0.494 e. The van der Waals surface area contributed by atoms with Crippen LogP contribution in [0.25, 0.3) is 0 Å². The van der Waals surface area contributed by atoms with Crippen molar-refractivity contribution in [3.63, 3.8) is 0 Å². The third kappa shape index (κ3) is 8.67. The van der Waals surface area contributed by atoms with E-state index in [1.54, 1.807) is 0 Å². The fourth-order valence-corrected chi connectivity index (χ4v) is 3.07. The van der Waals surface area contributed by atoms with Gasteiger partial charge in [0.25, 0.3) is 0 Å². The van der Waals surface area contributed by atoms with Crippen molar-refractivity contribution in [3.05, 3.63) is 30.3 Å². The summed E-state index contributed by atoms with van der Waals surface area (Å²) in [6.45, 7) is 9.84. The Morgan fingerprint density at radius 1 is 1.29 bits per heavy atom. The summed E-state index contributed by atoms with van der Waals surface area (Å²) >= 11 is 0. The molecule has 0 saturated carbocycles. The molecular weight excluding hydrogens is 467 g/mol. The summed E-state index contributed by atoms with van der Waals surface area (Å²) in [6.07, 6.45) is 2.91. The number of carbonyl (C=O) groups excluding carboxylic acids is 1. The van der Waals surface area contributed by atoms with E-state index in [9.17, 15) is 4.79 Å². The van der Waals surface area contributed by atoms with Gasteiger partial charge in [-0.25, -0.2) is 0 Å². The molecule has 1 aromatic rings. The molecule has 0 spiro atoms. The number of benzene rings is 1. The van der Waals surface area contributed by atoms with Gasteiger partial charge in [-0.15, -0.1) is 24.0 Å². The maximum Gasteiger partial charge on any atom is 0.225 e. The van der Waals surface area contributed by atoms with Crippen LogP contribution in [0.1, 0.15) is 40.0 Å². The van der Waals surface area contributed by atoms with E-state index in [0.717, 1.165) is 57.2 Å². The van der Waals surface area contributed by atoms with Gasteiger partial charge in [0, 0.05) is 38.1 Å². The first-order valence-electron chi connectivity index (χ1n) is 10.1. The van der Waals surface area contributed by atoms with Crippen molar-refractivity contribution in [1.82, 2.24) is 15.5 Å². The van der Waals surface area contributed by atoms with Gasteiger partial charge in [-0.05, 0) is 38.3 Å². The van der Waals surface area contributed by atoms with Crippen LogP contribution in [-0.4, -0.2) is 55.6 Å². The number of amides is 1. The second-order valence-electron chi connectivity index (χ2n) is 7.20. The van der Waals surface area contributed by atoms with E-state index in [4.69, 9.17) is 4.74 Å². The smallest absolute Gasteiger partial charge is 0.225 e. The average Bonchev–Trinajstić information content (AvgIpc) is 3.13. The molecule has 28 heavy (non-hydrogen) atoms. The second kappa shape index (κ2) is 13.6. The lowest BCUT2D eigenvalue weighted by atomic mass is 10.2. The zero-order valence-corrected chi connectivity index (χ0v) is 19.6. The number of para-hydroxylation sites is 1. The Kier molecular flexibility index (Phi) is 11.9. The molecule has 1 saturated heterocycles. The zero-order chi connectivity index (χ0) is 19.5. The number of nitrogens with zero attached hydrogens (tertiary/aromatic N) is 2. The molecule has 1 unspecified atom stereocenters. The molecule has 2 rings (SSSR count). The van der Waals surface area contributed by atoms with E-state index in [2.05, 4.69) is 22.5 Å². The quantitative estimate of drug-likeness (QED) is 0.236. The highest BCUT2D eigenvalue weighted by molar-refractivity contribution is 14.0. The summed E-state index contributed by atoms with van der Waals surface area (Å²) in [7, 11) is 0. The summed E-state index contributed by atoms with van der Waals surface area (Å²) in [4.78, 5) is 18.7. The molecule has 6 nitrogen and oxygen atoms in total. The number of carbonyl (C=O) groups is 1. The fraction of sp³-hybridized carbons (Fsp3) is 0.619. The first-order valence-corrected chi connectivity index (χ1v) is 10.1. The third-order valence-electron chi connectivity index (χ3n) is 4.51. The maximum atomic E-state index is 12.1. The minimum atomic E-state index is 0. The van der Waals surface area contributed by atoms with Gasteiger partial charge < -0.3 is 20.3 Å². The van der Waals surface area contributed by atoms with Gasteiger partial charge in [-0.3, -0.25) is 9.79 Å². The van der Waals surface area contributed by atoms with Crippen LogP contribution in [0, 0.1) is 5.92 Å². The van der Waals surface area contributed by atoms with Crippen molar-refractivity contribution in [2.45, 2.75) is 46.1 Å². The molecular formula is C21H35IN4O2. The van der Waals surface area contributed by atoms with Crippen molar-refractivity contribution in [2.75, 3.05) is 32.8 Å². The number of nitrogens with one attached hydrogen (secondary N) is 2. The summed E-state index contributed by atoms with van der Waals surface area (Å²) in [6, 6.07) is 10.2. The number of hydrogen-bond acceptors (Lipinski definition) is 3. The molecule has 7 heteroatoms. The van der Waals surface area contributed by atoms with Crippen LogP contribution in [0.4, 0.5) is 0 Å². The summed E-state index contributed by atoms with van der Waals surface area (Å²) in [5, 5.41) is 6.77. The van der Waals surface area contributed by atoms with Crippen LogP contribution < -0.4 is 15.4 Å². The van der Waals surface area contributed by atoms with Gasteiger partial charge in [0.05, 0.1) is 6.61 Å². The van der Waals surface area contributed by atoms with Gasteiger partial charge in [0.15, 0.2) is 5.96 Å². The number of rotatable bonds is 9. The molecule has 0 bridgehead atoms. The molecule has 1 fully saturated rings. The van der Waals surface area contributed by atoms with Crippen LogP contribution in [-0.2, 0) is 4.79 Å². The third-order valence-corrected chi connectivity index (χ3v) is 4.51. The van der Waals surface area contributed by atoms with Gasteiger partial charge >= 0.3 is 0 Å². The van der Waals surface area contributed by atoms with Gasteiger partial charge in [0.2, 0.25) is 5.91 Å². The summed E-state index contributed by atoms with van der Waals surface area (Å²) in [5.41, 5.74) is 0. The van der Waals surface area contributed by atoms with Crippen molar-refractivity contribution in [3.8, 4) is 5.75 Å². The lowest BCUT2D eigenvalue weighted by Crippen LogP contribution is -2.45. The predicted molar refractivity (Wildman–Crippen MR) is 126 cm³/mol. The SMILES string of the molecule is CCNC(=NCCCCOc1ccccc1)NC1CCN(C(=O)C(C)C)C1.I. The van der Waals surface area contributed by atoms with Gasteiger partial charge in [0.1, 0.15) is 5.75 Å². The van der Waals surface area contributed by atoms with Crippen LogP contribution in [0.3, 0.4) is 0 Å². The molecule has 0 aliphatic carbocycles. The Balaban J connectivity index is 0.00000392. The Bertz CT molecular complexity index is 595. The van der Waals surface area contributed by atoms with Crippen LogP contribution in [0.5, 0.6) is 5.75 Å². The summed E-state index contributed by atoms with van der Waals surface area (Å²) < 4.78 is 5.70. The number of hydrogen-bond donors (Lipinski definition) is 2. The number of halogens is 1. The van der Waals surface area contributed by atoms with Crippen molar-refractivity contribution < 1.29 is 9.53 Å². The van der Waals surface area contributed by atoms with Gasteiger partial charge in [-0.2, -0.15) is 0 Å². The normalized spacial score (nSPS) is 16.6. The Labute approximate surface area is 186 Å². The monoisotopic (exact) mass is 502 g/mol. The van der Waals surface area contributed by atoms with Crippen molar-refractivity contribution in [2.24, 2.45) is 10.9 Å². The first-order chi connectivity index (χ1) is 13.1. The number of aliphatic imine (C=N–C) groups is 1. The first kappa shape index (κ1) is 24.5. The molecule has 1 aromatic carbocycles. The van der Waals surface area contributed by atoms with Crippen molar-refractivity contribution in [1.29, 1.82) is 0 Å². The molecule has 1 amide bonds.